The molecule has 1 N–H and O–H groups in total. The third-order valence-corrected chi connectivity index (χ3v) is 3.41. The highest BCUT2D eigenvalue weighted by Crippen LogP contribution is 2.16. The number of hydrogen-bond acceptors (Lipinski definition) is 1. The van der Waals surface area contributed by atoms with Crippen LogP contribution in [0.5, 0.6) is 0 Å². The summed E-state index contributed by atoms with van der Waals surface area (Å²) >= 11 is 2.12. The molecule has 0 radical (unpaired) electrons. The van der Waals surface area contributed by atoms with E-state index in [1.165, 1.54) is 24.3 Å². The van der Waals surface area contributed by atoms with Crippen molar-refractivity contribution in [1.29, 1.82) is 0 Å². The molecule has 0 saturated carbocycles. The standard InChI is InChI=1S/C14H11FINO/c1-9-2-7-13(16)12(8-9)14(18)17-11-5-3-10(15)4-6-11/h2-8H,1H3,(H,17,18). The molecule has 18 heavy (non-hydrogen) atoms. The zero-order valence-corrected chi connectivity index (χ0v) is 11.9. The van der Waals surface area contributed by atoms with E-state index in [-0.39, 0.29) is 11.7 Å². The summed E-state index contributed by atoms with van der Waals surface area (Å²) in [6, 6.07) is 11.4. The van der Waals surface area contributed by atoms with Crippen LogP contribution in [0.25, 0.3) is 0 Å². The summed E-state index contributed by atoms with van der Waals surface area (Å²) in [7, 11) is 0. The molecule has 0 aliphatic carbocycles. The van der Waals surface area contributed by atoms with Gasteiger partial charge in [0.25, 0.3) is 5.91 Å². The van der Waals surface area contributed by atoms with Crippen LogP contribution in [0.4, 0.5) is 10.1 Å². The topological polar surface area (TPSA) is 29.1 Å². The Hall–Kier alpha value is -1.43. The molecule has 0 saturated heterocycles. The van der Waals surface area contributed by atoms with Crippen molar-refractivity contribution >= 4 is 34.2 Å². The van der Waals surface area contributed by atoms with Crippen molar-refractivity contribution in [2.75, 3.05) is 5.32 Å². The monoisotopic (exact) mass is 355 g/mol. The van der Waals surface area contributed by atoms with Gasteiger partial charge in [-0.15, -0.1) is 0 Å². The maximum absolute atomic E-state index is 12.8. The van der Waals surface area contributed by atoms with Gasteiger partial charge in [-0.2, -0.15) is 0 Å². The van der Waals surface area contributed by atoms with Gasteiger partial charge < -0.3 is 5.32 Å². The van der Waals surface area contributed by atoms with E-state index in [0.29, 0.717) is 11.3 Å². The van der Waals surface area contributed by atoms with E-state index in [2.05, 4.69) is 27.9 Å². The molecule has 0 atom stereocenters. The molecule has 0 fully saturated rings. The zero-order valence-electron chi connectivity index (χ0n) is 9.71. The first-order chi connectivity index (χ1) is 8.56. The summed E-state index contributed by atoms with van der Waals surface area (Å²) in [5, 5.41) is 2.74. The molecule has 1 amide bonds. The number of benzene rings is 2. The van der Waals surface area contributed by atoms with E-state index in [0.717, 1.165) is 9.13 Å². The third-order valence-electron chi connectivity index (χ3n) is 2.47. The predicted molar refractivity (Wildman–Crippen MR) is 78.2 cm³/mol. The molecular weight excluding hydrogens is 344 g/mol. The minimum absolute atomic E-state index is 0.185. The van der Waals surface area contributed by atoms with Crippen LogP contribution in [-0.4, -0.2) is 5.91 Å². The minimum Gasteiger partial charge on any atom is -0.322 e. The normalized spacial score (nSPS) is 10.2. The summed E-state index contributed by atoms with van der Waals surface area (Å²) in [5.74, 6) is -0.507. The van der Waals surface area contributed by atoms with E-state index >= 15 is 0 Å². The van der Waals surface area contributed by atoms with Gasteiger partial charge in [0.2, 0.25) is 0 Å². The summed E-state index contributed by atoms with van der Waals surface area (Å²) in [6.45, 7) is 1.94. The number of anilines is 1. The van der Waals surface area contributed by atoms with Gasteiger partial charge in [0.1, 0.15) is 5.82 Å². The van der Waals surface area contributed by atoms with Gasteiger partial charge in [0.15, 0.2) is 0 Å². The van der Waals surface area contributed by atoms with Gasteiger partial charge in [0.05, 0.1) is 5.56 Å². The minimum atomic E-state index is -0.321. The first-order valence-electron chi connectivity index (χ1n) is 5.39. The molecule has 0 aromatic heterocycles. The lowest BCUT2D eigenvalue weighted by molar-refractivity contribution is 0.102. The van der Waals surface area contributed by atoms with Crippen molar-refractivity contribution in [3.63, 3.8) is 0 Å². The molecule has 0 heterocycles. The summed E-state index contributed by atoms with van der Waals surface area (Å²) in [4.78, 5) is 12.1. The van der Waals surface area contributed by atoms with E-state index in [4.69, 9.17) is 0 Å². The van der Waals surface area contributed by atoms with E-state index in [9.17, 15) is 9.18 Å². The first kappa shape index (κ1) is 13.0. The van der Waals surface area contributed by atoms with Crippen molar-refractivity contribution in [2.45, 2.75) is 6.92 Å². The number of carbonyl (C=O) groups is 1. The molecule has 0 aliphatic heterocycles. The Bertz CT molecular complexity index is 581. The van der Waals surface area contributed by atoms with E-state index in [1.807, 2.05) is 25.1 Å². The van der Waals surface area contributed by atoms with Gasteiger partial charge in [-0.1, -0.05) is 11.6 Å². The van der Waals surface area contributed by atoms with Crippen LogP contribution in [0.2, 0.25) is 0 Å². The highest BCUT2D eigenvalue weighted by atomic mass is 127. The maximum Gasteiger partial charge on any atom is 0.256 e. The van der Waals surface area contributed by atoms with Gasteiger partial charge >= 0.3 is 0 Å². The average molecular weight is 355 g/mol. The molecular formula is C14H11FINO. The Balaban J connectivity index is 2.21. The second kappa shape index (κ2) is 5.48. The van der Waals surface area contributed by atoms with Gasteiger partial charge in [-0.05, 0) is 65.9 Å². The third kappa shape index (κ3) is 3.07. The molecule has 2 rings (SSSR count). The highest BCUT2D eigenvalue weighted by molar-refractivity contribution is 14.1. The number of halogens is 2. The maximum atomic E-state index is 12.8. The van der Waals surface area contributed by atoms with Crippen LogP contribution in [0, 0.1) is 16.3 Å². The number of hydrogen-bond donors (Lipinski definition) is 1. The zero-order chi connectivity index (χ0) is 13.1. The molecule has 0 bridgehead atoms. The molecule has 0 spiro atoms. The summed E-state index contributed by atoms with van der Waals surface area (Å²) in [5.41, 5.74) is 2.23. The number of rotatable bonds is 2. The fourth-order valence-corrected chi connectivity index (χ4v) is 2.13. The van der Waals surface area contributed by atoms with Crippen LogP contribution in [0.3, 0.4) is 0 Å². The van der Waals surface area contributed by atoms with Crippen molar-refractivity contribution in [3.8, 4) is 0 Å². The molecule has 2 aromatic carbocycles. The summed E-state index contributed by atoms with van der Waals surface area (Å²) < 4.78 is 13.6. The molecule has 4 heteroatoms. The first-order valence-corrected chi connectivity index (χ1v) is 6.47. The Morgan fingerprint density at radius 2 is 1.83 bits per heavy atom. The Morgan fingerprint density at radius 3 is 2.50 bits per heavy atom. The van der Waals surface area contributed by atoms with Gasteiger partial charge in [-0.3, -0.25) is 4.79 Å². The Labute approximate surface area is 118 Å². The number of nitrogens with one attached hydrogen (secondary N) is 1. The molecule has 0 aliphatic rings. The fourth-order valence-electron chi connectivity index (χ4n) is 1.54. The number of amides is 1. The number of carbonyl (C=O) groups excluding carboxylic acids is 1. The second-order valence-electron chi connectivity index (χ2n) is 3.94. The lowest BCUT2D eigenvalue weighted by atomic mass is 10.1. The average Bonchev–Trinajstić information content (AvgIpc) is 2.35. The smallest absolute Gasteiger partial charge is 0.256 e. The summed E-state index contributed by atoms with van der Waals surface area (Å²) in [6.07, 6.45) is 0. The highest BCUT2D eigenvalue weighted by Gasteiger charge is 2.10. The second-order valence-corrected chi connectivity index (χ2v) is 5.11. The lowest BCUT2D eigenvalue weighted by Crippen LogP contribution is -2.13. The van der Waals surface area contributed by atoms with E-state index in [1.54, 1.807) is 0 Å². The van der Waals surface area contributed by atoms with Crippen LogP contribution in [0.1, 0.15) is 15.9 Å². The quantitative estimate of drug-likeness (QED) is 0.811. The molecule has 0 unspecified atom stereocenters. The van der Waals surface area contributed by atoms with Crippen molar-refractivity contribution in [1.82, 2.24) is 0 Å². The van der Waals surface area contributed by atoms with Crippen LogP contribution < -0.4 is 5.32 Å². The molecule has 92 valence electrons. The lowest BCUT2D eigenvalue weighted by Gasteiger charge is -2.07. The Morgan fingerprint density at radius 1 is 1.17 bits per heavy atom. The van der Waals surface area contributed by atoms with Gasteiger partial charge in [-0.25, -0.2) is 4.39 Å². The fraction of sp³-hybridized carbons (Fsp3) is 0.0714. The van der Waals surface area contributed by atoms with Crippen LogP contribution in [-0.2, 0) is 0 Å². The predicted octanol–water partition coefficient (Wildman–Crippen LogP) is 3.99. The largest absolute Gasteiger partial charge is 0.322 e. The van der Waals surface area contributed by atoms with Crippen LogP contribution >= 0.6 is 22.6 Å². The molecule has 2 aromatic rings. The SMILES string of the molecule is Cc1ccc(I)c(C(=O)Nc2ccc(F)cc2)c1. The Kier molecular flexibility index (Phi) is 3.96. The van der Waals surface area contributed by atoms with Crippen LogP contribution in [0.15, 0.2) is 42.5 Å². The van der Waals surface area contributed by atoms with E-state index < -0.39 is 0 Å². The van der Waals surface area contributed by atoms with Crippen molar-refractivity contribution < 1.29 is 9.18 Å². The van der Waals surface area contributed by atoms with Gasteiger partial charge in [0, 0.05) is 9.26 Å². The molecule has 2 nitrogen and oxygen atoms in total. The number of aryl methyl sites for hydroxylation is 1. The van der Waals surface area contributed by atoms with Crippen molar-refractivity contribution in [3.05, 3.63) is 63.0 Å². The van der Waals surface area contributed by atoms with Crippen molar-refractivity contribution in [2.24, 2.45) is 0 Å².